The zero-order valence-electron chi connectivity index (χ0n) is 21.5. The first-order valence-electron chi connectivity index (χ1n) is 12.3. The molecule has 0 saturated carbocycles. The fourth-order valence-electron chi connectivity index (χ4n) is 4.86. The molecule has 1 fully saturated rings. The van der Waals surface area contributed by atoms with Gasteiger partial charge in [-0.1, -0.05) is 54.9 Å². The van der Waals surface area contributed by atoms with Crippen molar-refractivity contribution in [2.75, 3.05) is 6.61 Å². The molecule has 0 aliphatic carbocycles. The number of hydrogen-bond donors (Lipinski definition) is 1. The van der Waals surface area contributed by atoms with E-state index in [-0.39, 0.29) is 10.8 Å². The van der Waals surface area contributed by atoms with Crippen LogP contribution in [0.4, 0.5) is 4.39 Å². The smallest absolute Gasteiger partial charge is 0.477 e. The number of rotatable bonds is 6. The summed E-state index contributed by atoms with van der Waals surface area (Å²) >= 11 is 6.53. The molecule has 3 aromatic rings. The van der Waals surface area contributed by atoms with Crippen molar-refractivity contribution < 1.29 is 28.3 Å². The van der Waals surface area contributed by atoms with Gasteiger partial charge in [0.1, 0.15) is 18.2 Å². The molecule has 2 atom stereocenters. The third kappa shape index (κ3) is 4.30. The highest BCUT2D eigenvalue weighted by molar-refractivity contribution is 6.66. The molecule has 0 radical (unpaired) electrons. The van der Waals surface area contributed by atoms with Crippen LogP contribution in [-0.4, -0.2) is 35.0 Å². The quantitative estimate of drug-likeness (QED) is 0.450. The van der Waals surface area contributed by atoms with Crippen LogP contribution in [-0.2, 0) is 21.5 Å². The largest absolute Gasteiger partial charge is 0.496 e. The van der Waals surface area contributed by atoms with Crippen LogP contribution in [0.1, 0.15) is 57.4 Å². The summed E-state index contributed by atoms with van der Waals surface area (Å²) in [4.78, 5) is 4.67. The van der Waals surface area contributed by atoms with Crippen molar-refractivity contribution in [2.45, 2.75) is 63.9 Å². The van der Waals surface area contributed by atoms with Crippen LogP contribution in [0.2, 0.25) is 5.02 Å². The van der Waals surface area contributed by atoms with Gasteiger partial charge in [-0.3, -0.25) is 0 Å². The maximum atomic E-state index is 15.1. The number of aromatic nitrogens is 1. The molecular weight excluding hydrogens is 496 g/mol. The molecule has 0 amide bonds. The Morgan fingerprint density at radius 1 is 1.05 bits per heavy atom. The summed E-state index contributed by atoms with van der Waals surface area (Å²) < 4.78 is 39.8. The lowest BCUT2D eigenvalue weighted by molar-refractivity contribution is 0.00327. The van der Waals surface area contributed by atoms with Gasteiger partial charge in [-0.25, -0.2) is 9.37 Å². The van der Waals surface area contributed by atoms with Crippen LogP contribution in [0.15, 0.2) is 54.6 Å². The maximum absolute atomic E-state index is 15.1. The second kappa shape index (κ2) is 9.28. The van der Waals surface area contributed by atoms with Crippen molar-refractivity contribution in [1.82, 2.24) is 4.98 Å². The van der Waals surface area contributed by atoms with Crippen LogP contribution in [0, 0.1) is 5.82 Å². The van der Waals surface area contributed by atoms with E-state index < -0.39 is 42.3 Å². The minimum absolute atomic E-state index is 0.0886. The highest BCUT2D eigenvalue weighted by atomic mass is 35.5. The first-order chi connectivity index (χ1) is 17.5. The van der Waals surface area contributed by atoms with E-state index >= 15 is 4.39 Å². The first-order valence-corrected chi connectivity index (χ1v) is 12.7. The van der Waals surface area contributed by atoms with E-state index in [1.54, 1.807) is 18.2 Å². The van der Waals surface area contributed by atoms with Crippen molar-refractivity contribution in [3.05, 3.63) is 82.3 Å². The number of fused-ring (bicyclic) bond motifs is 1. The van der Waals surface area contributed by atoms with Crippen molar-refractivity contribution in [2.24, 2.45) is 0 Å². The lowest BCUT2D eigenvalue weighted by Gasteiger charge is -2.32. The number of ether oxygens (including phenoxy) is 2. The number of nitrogens with zero attached hydrogens (tertiary/aromatic N) is 1. The maximum Gasteiger partial charge on any atom is 0.496 e. The topological polar surface area (TPSA) is 70.0 Å². The average molecular weight is 526 g/mol. The summed E-state index contributed by atoms with van der Waals surface area (Å²) in [6, 6.07) is 16.3. The van der Waals surface area contributed by atoms with Gasteiger partial charge >= 0.3 is 7.12 Å². The number of halogens is 2. The molecule has 0 bridgehead atoms. The fraction of sp³-hybridized carbons (Fsp3) is 0.393. The predicted octanol–water partition coefficient (Wildman–Crippen LogP) is 5.14. The molecule has 1 N–H and O–H groups in total. The van der Waals surface area contributed by atoms with Gasteiger partial charge < -0.3 is 23.9 Å². The highest BCUT2D eigenvalue weighted by Gasteiger charge is 2.57. The highest BCUT2D eigenvalue weighted by Crippen LogP contribution is 2.51. The Morgan fingerprint density at radius 2 is 1.73 bits per heavy atom. The monoisotopic (exact) mass is 525 g/mol. The van der Waals surface area contributed by atoms with E-state index in [9.17, 15) is 5.11 Å². The van der Waals surface area contributed by atoms with Gasteiger partial charge in [0.15, 0.2) is 5.60 Å². The Labute approximate surface area is 221 Å². The van der Waals surface area contributed by atoms with Gasteiger partial charge in [0.25, 0.3) is 0 Å². The molecule has 2 aromatic carbocycles. The lowest BCUT2D eigenvalue weighted by Crippen LogP contribution is -2.42. The van der Waals surface area contributed by atoms with Gasteiger partial charge in [0.05, 0.1) is 28.5 Å². The molecule has 1 saturated heterocycles. The summed E-state index contributed by atoms with van der Waals surface area (Å²) in [7, 11) is -0.906. The zero-order chi connectivity index (χ0) is 26.6. The SMILES string of the molecule is C[C@H]1c2c(cc(F)c(Cl)c2B2OC(C)(C)C(C)(C)O2)O[C@]1(CO)c1cccc(OCc2ccccc2)n1. The van der Waals surface area contributed by atoms with E-state index in [1.165, 1.54) is 6.07 Å². The first kappa shape index (κ1) is 26.0. The van der Waals surface area contributed by atoms with Crippen LogP contribution < -0.4 is 14.9 Å². The van der Waals surface area contributed by atoms with Crippen LogP contribution in [0.3, 0.4) is 0 Å². The van der Waals surface area contributed by atoms with Crippen LogP contribution in [0.25, 0.3) is 0 Å². The van der Waals surface area contributed by atoms with Crippen LogP contribution >= 0.6 is 11.6 Å². The van der Waals surface area contributed by atoms with E-state index in [4.69, 9.17) is 30.4 Å². The Morgan fingerprint density at radius 3 is 2.38 bits per heavy atom. The Bertz CT molecular complexity index is 1310. The van der Waals surface area contributed by atoms with Crippen molar-refractivity contribution >= 4 is 24.2 Å². The third-order valence-electron chi connectivity index (χ3n) is 7.79. The molecule has 3 heterocycles. The Balaban J connectivity index is 1.52. The second-order valence-electron chi connectivity index (χ2n) is 10.6. The molecule has 194 valence electrons. The minimum atomic E-state index is -1.29. The molecule has 1 aromatic heterocycles. The van der Waals surface area contributed by atoms with E-state index in [1.807, 2.05) is 65.0 Å². The second-order valence-corrected chi connectivity index (χ2v) is 11.0. The molecule has 0 unspecified atom stereocenters. The molecule has 5 rings (SSSR count). The summed E-state index contributed by atoms with van der Waals surface area (Å²) in [5.41, 5.74) is -0.135. The van der Waals surface area contributed by atoms with E-state index in [0.717, 1.165) is 5.56 Å². The average Bonchev–Trinajstić information content (AvgIpc) is 3.27. The van der Waals surface area contributed by atoms with Gasteiger partial charge in [0.2, 0.25) is 5.88 Å². The van der Waals surface area contributed by atoms with Gasteiger partial charge in [-0.05, 0) is 39.3 Å². The number of aliphatic hydroxyl groups is 1. The normalized spacial score (nSPS) is 23.6. The van der Waals surface area contributed by atoms with Crippen molar-refractivity contribution in [3.63, 3.8) is 0 Å². The number of hydrogen-bond acceptors (Lipinski definition) is 6. The molecule has 0 spiro atoms. The third-order valence-corrected chi connectivity index (χ3v) is 8.18. The molecule has 2 aliphatic rings. The number of benzene rings is 2. The van der Waals surface area contributed by atoms with Crippen molar-refractivity contribution in [3.8, 4) is 11.6 Å². The summed E-state index contributed by atoms with van der Waals surface area (Å²) in [5, 5.41) is 10.6. The standard InChI is InChI=1S/C28H30BClFNO5/c1-17-23-20(14-19(31)25(30)24(23)29-36-26(2,3)27(4,5)37-29)35-28(17,16-33)21-12-9-13-22(32-21)34-15-18-10-7-6-8-11-18/h6-14,17,33H,15-16H2,1-5H3/t17-,28-/m0/s1. The summed E-state index contributed by atoms with van der Waals surface area (Å²) in [5.74, 6) is -0.461. The number of pyridine rings is 1. The number of aliphatic hydroxyl groups excluding tert-OH is 1. The molecule has 6 nitrogen and oxygen atoms in total. The molecule has 37 heavy (non-hydrogen) atoms. The molecular formula is C28H30BClFNO5. The van der Waals surface area contributed by atoms with Gasteiger partial charge in [-0.2, -0.15) is 0 Å². The van der Waals surface area contributed by atoms with E-state index in [2.05, 4.69) is 4.98 Å². The Hall–Kier alpha value is -2.65. The molecule has 2 aliphatic heterocycles. The fourth-order valence-corrected chi connectivity index (χ4v) is 5.11. The summed E-state index contributed by atoms with van der Waals surface area (Å²) in [6.45, 7) is 9.51. The molecule has 9 heteroatoms. The van der Waals surface area contributed by atoms with E-state index in [0.29, 0.717) is 29.2 Å². The zero-order valence-corrected chi connectivity index (χ0v) is 22.3. The lowest BCUT2D eigenvalue weighted by atomic mass is 9.70. The van der Waals surface area contributed by atoms with Crippen LogP contribution in [0.5, 0.6) is 11.6 Å². The minimum Gasteiger partial charge on any atom is -0.477 e. The van der Waals surface area contributed by atoms with Gasteiger partial charge in [-0.15, -0.1) is 0 Å². The summed E-state index contributed by atoms with van der Waals surface area (Å²) in [6.07, 6.45) is 0. The predicted molar refractivity (Wildman–Crippen MR) is 140 cm³/mol. The van der Waals surface area contributed by atoms with Gasteiger partial charge in [0, 0.05) is 29.1 Å². The Kier molecular flexibility index (Phi) is 6.51. The van der Waals surface area contributed by atoms with Crippen molar-refractivity contribution in [1.29, 1.82) is 0 Å².